The highest BCUT2D eigenvalue weighted by Gasteiger charge is 2.19. The van der Waals surface area contributed by atoms with Crippen molar-refractivity contribution in [3.63, 3.8) is 0 Å². The molecule has 0 bridgehead atoms. The van der Waals surface area contributed by atoms with Gasteiger partial charge >= 0.3 is 5.97 Å². The van der Waals surface area contributed by atoms with Crippen LogP contribution in [0.15, 0.2) is 0 Å². The number of carbonyl (C=O) groups excluding carboxylic acids is 1. The SMILES string of the molecule is CCCCCCCCCCC(CCCCCCCC)CC(O)CN(CCCO)C[C@H](O)CCCCCCCCC(=O)OCCCCCCCC. The minimum atomic E-state index is -0.404. The summed E-state index contributed by atoms with van der Waals surface area (Å²) in [6.45, 7) is 9.35. The number of ether oxygens (including phenoxy) is 1. The molecule has 0 aliphatic rings. The monoisotopic (exact) mass is 712 g/mol. The molecule has 0 radical (unpaired) electrons. The van der Waals surface area contributed by atoms with Crippen LogP contribution in [-0.4, -0.2) is 71.2 Å². The summed E-state index contributed by atoms with van der Waals surface area (Å²) in [6.07, 6.45) is 36.7. The maximum absolute atomic E-state index is 12.0. The zero-order valence-corrected chi connectivity index (χ0v) is 34.0. The van der Waals surface area contributed by atoms with Gasteiger partial charge in [-0.3, -0.25) is 9.69 Å². The zero-order chi connectivity index (χ0) is 36.8. The van der Waals surface area contributed by atoms with E-state index in [2.05, 4.69) is 25.7 Å². The maximum atomic E-state index is 12.0. The summed E-state index contributed by atoms with van der Waals surface area (Å²) in [5, 5.41) is 31.6. The van der Waals surface area contributed by atoms with Crippen molar-refractivity contribution >= 4 is 5.97 Å². The predicted molar refractivity (Wildman–Crippen MR) is 215 cm³/mol. The Bertz CT molecular complexity index is 677. The third-order valence-corrected chi connectivity index (χ3v) is 10.5. The number of aliphatic hydroxyl groups excluding tert-OH is 3. The highest BCUT2D eigenvalue weighted by atomic mass is 16.5. The average molecular weight is 712 g/mol. The molecule has 2 unspecified atom stereocenters. The van der Waals surface area contributed by atoms with Gasteiger partial charge in [0.1, 0.15) is 0 Å². The Kier molecular flexibility index (Phi) is 39.0. The molecule has 0 spiro atoms. The first-order chi connectivity index (χ1) is 24.5. The molecule has 0 aromatic rings. The molecule has 0 heterocycles. The molecule has 0 fully saturated rings. The van der Waals surface area contributed by atoms with Crippen LogP contribution in [-0.2, 0) is 9.53 Å². The minimum Gasteiger partial charge on any atom is -0.466 e. The Hall–Kier alpha value is -0.690. The van der Waals surface area contributed by atoms with Crippen molar-refractivity contribution in [3.05, 3.63) is 0 Å². The van der Waals surface area contributed by atoms with Crippen LogP contribution in [0.5, 0.6) is 0 Å². The van der Waals surface area contributed by atoms with E-state index in [0.29, 0.717) is 45.0 Å². The Labute approximate surface area is 312 Å². The lowest BCUT2D eigenvalue weighted by molar-refractivity contribution is -0.143. The van der Waals surface area contributed by atoms with Gasteiger partial charge in [0.2, 0.25) is 0 Å². The summed E-state index contributed by atoms with van der Waals surface area (Å²) in [5.41, 5.74) is 0. The van der Waals surface area contributed by atoms with Crippen LogP contribution in [0.1, 0.15) is 226 Å². The van der Waals surface area contributed by atoms with Crippen molar-refractivity contribution in [1.82, 2.24) is 4.90 Å². The number of rotatable bonds is 41. The van der Waals surface area contributed by atoms with Crippen LogP contribution < -0.4 is 0 Å². The lowest BCUT2D eigenvalue weighted by Gasteiger charge is -2.29. The fourth-order valence-corrected chi connectivity index (χ4v) is 7.36. The second-order valence-electron chi connectivity index (χ2n) is 15.7. The number of hydrogen-bond donors (Lipinski definition) is 3. The summed E-state index contributed by atoms with van der Waals surface area (Å²) in [6, 6.07) is 0. The quantitative estimate of drug-likeness (QED) is 0.0432. The van der Waals surface area contributed by atoms with Crippen molar-refractivity contribution in [3.8, 4) is 0 Å². The predicted octanol–water partition coefficient (Wildman–Crippen LogP) is 11.7. The van der Waals surface area contributed by atoms with E-state index >= 15 is 0 Å². The van der Waals surface area contributed by atoms with Crippen LogP contribution >= 0.6 is 0 Å². The first kappa shape index (κ1) is 49.3. The molecule has 0 aromatic heterocycles. The topological polar surface area (TPSA) is 90.2 Å². The highest BCUT2D eigenvalue weighted by Crippen LogP contribution is 2.24. The second kappa shape index (κ2) is 39.5. The normalized spacial score (nSPS) is 13.6. The van der Waals surface area contributed by atoms with Crippen LogP contribution in [0.3, 0.4) is 0 Å². The maximum Gasteiger partial charge on any atom is 0.305 e. The van der Waals surface area contributed by atoms with Gasteiger partial charge in [0.15, 0.2) is 0 Å². The van der Waals surface area contributed by atoms with Gasteiger partial charge in [-0.15, -0.1) is 0 Å². The van der Waals surface area contributed by atoms with Crippen LogP contribution in [0.2, 0.25) is 0 Å². The summed E-state index contributed by atoms with van der Waals surface area (Å²) >= 11 is 0. The van der Waals surface area contributed by atoms with Gasteiger partial charge in [-0.05, 0) is 38.0 Å². The van der Waals surface area contributed by atoms with E-state index in [1.54, 1.807) is 0 Å². The molecule has 0 aliphatic heterocycles. The minimum absolute atomic E-state index is 0.0469. The van der Waals surface area contributed by atoms with Gasteiger partial charge < -0.3 is 20.1 Å². The number of nitrogens with zero attached hydrogens (tertiary/aromatic N) is 1. The van der Waals surface area contributed by atoms with E-state index in [-0.39, 0.29) is 18.7 Å². The number of unbranched alkanes of at least 4 members (excludes halogenated alkanes) is 22. The van der Waals surface area contributed by atoms with Gasteiger partial charge in [0, 0.05) is 32.7 Å². The first-order valence-electron chi connectivity index (χ1n) is 22.3. The third-order valence-electron chi connectivity index (χ3n) is 10.5. The van der Waals surface area contributed by atoms with Crippen molar-refractivity contribution < 1.29 is 24.9 Å². The summed E-state index contributed by atoms with van der Waals surface area (Å²) < 4.78 is 5.39. The Morgan fingerprint density at radius 2 is 0.940 bits per heavy atom. The molecule has 3 atom stereocenters. The van der Waals surface area contributed by atoms with Crippen LogP contribution in [0, 0.1) is 5.92 Å². The van der Waals surface area contributed by atoms with Crippen molar-refractivity contribution in [2.45, 2.75) is 238 Å². The molecule has 0 saturated carbocycles. The fourth-order valence-electron chi connectivity index (χ4n) is 7.36. The van der Waals surface area contributed by atoms with Gasteiger partial charge in [-0.2, -0.15) is 0 Å². The molecular weight excluding hydrogens is 622 g/mol. The van der Waals surface area contributed by atoms with Crippen LogP contribution in [0.4, 0.5) is 0 Å². The Balaban J connectivity index is 4.36. The van der Waals surface area contributed by atoms with E-state index in [0.717, 1.165) is 64.2 Å². The van der Waals surface area contributed by atoms with E-state index in [9.17, 15) is 20.1 Å². The molecule has 0 aromatic carbocycles. The smallest absolute Gasteiger partial charge is 0.305 e. The Morgan fingerprint density at radius 1 is 0.520 bits per heavy atom. The number of hydrogen-bond acceptors (Lipinski definition) is 6. The molecule has 50 heavy (non-hydrogen) atoms. The molecule has 6 nitrogen and oxygen atoms in total. The first-order valence-corrected chi connectivity index (χ1v) is 22.3. The number of carbonyl (C=O) groups is 1. The van der Waals surface area contributed by atoms with Gasteiger partial charge in [-0.25, -0.2) is 0 Å². The summed E-state index contributed by atoms with van der Waals surface area (Å²) in [4.78, 5) is 14.1. The standard InChI is InChI=1S/C44H89NO5/c1-4-7-10-13-16-17-21-26-32-41(31-25-20-14-11-8-5-2)38-43(48)40-45(35-30-36-46)39-42(47)33-27-22-18-19-23-28-34-44(49)50-37-29-24-15-12-9-6-3/h41-43,46-48H,4-40H2,1-3H3/t41?,42-,43?/m1/s1. The molecule has 0 rings (SSSR count). The van der Waals surface area contributed by atoms with Crippen molar-refractivity contribution in [2.75, 3.05) is 32.8 Å². The third kappa shape index (κ3) is 35.7. The van der Waals surface area contributed by atoms with E-state index in [1.807, 2.05) is 0 Å². The van der Waals surface area contributed by atoms with E-state index < -0.39 is 6.10 Å². The molecule has 0 saturated heterocycles. The highest BCUT2D eigenvalue weighted by molar-refractivity contribution is 5.69. The second-order valence-corrected chi connectivity index (χ2v) is 15.7. The lowest BCUT2D eigenvalue weighted by Crippen LogP contribution is -2.39. The molecule has 300 valence electrons. The number of aliphatic hydroxyl groups is 3. The molecule has 6 heteroatoms. The van der Waals surface area contributed by atoms with E-state index in [4.69, 9.17) is 4.74 Å². The largest absolute Gasteiger partial charge is 0.466 e. The lowest BCUT2D eigenvalue weighted by atomic mass is 9.89. The van der Waals surface area contributed by atoms with Gasteiger partial charge in [0.05, 0.1) is 18.8 Å². The number of esters is 1. The van der Waals surface area contributed by atoms with Crippen molar-refractivity contribution in [1.29, 1.82) is 0 Å². The summed E-state index contributed by atoms with van der Waals surface area (Å²) in [7, 11) is 0. The molecule has 0 aliphatic carbocycles. The molecule has 0 amide bonds. The van der Waals surface area contributed by atoms with Gasteiger partial charge in [-0.1, -0.05) is 188 Å². The summed E-state index contributed by atoms with van der Waals surface area (Å²) in [5.74, 6) is 0.533. The average Bonchev–Trinajstić information content (AvgIpc) is 3.10. The van der Waals surface area contributed by atoms with E-state index in [1.165, 1.54) is 128 Å². The van der Waals surface area contributed by atoms with Crippen LogP contribution in [0.25, 0.3) is 0 Å². The van der Waals surface area contributed by atoms with Crippen molar-refractivity contribution in [2.24, 2.45) is 5.92 Å². The fraction of sp³-hybridized carbons (Fsp3) is 0.977. The zero-order valence-electron chi connectivity index (χ0n) is 34.0. The Morgan fingerprint density at radius 3 is 1.44 bits per heavy atom. The van der Waals surface area contributed by atoms with Gasteiger partial charge in [0.25, 0.3) is 0 Å². The molecule has 3 N–H and O–H groups in total. The molecular formula is C44H89NO5.